The fraction of sp³-hybridized carbons (Fsp3) is 0.250. The lowest BCUT2D eigenvalue weighted by molar-refractivity contribution is 0.267. The van der Waals surface area contributed by atoms with Gasteiger partial charge >= 0.3 is 0 Å². The fourth-order valence-corrected chi connectivity index (χ4v) is 4.67. The minimum absolute atomic E-state index is 0. The van der Waals surface area contributed by atoms with E-state index in [2.05, 4.69) is 21.2 Å². The third-order valence-corrected chi connectivity index (χ3v) is 6.43. The number of nitrogens with one attached hydrogen (secondary N) is 1. The Labute approximate surface area is 229 Å². The van der Waals surface area contributed by atoms with Gasteiger partial charge in [-0.2, -0.15) is 0 Å². The van der Waals surface area contributed by atoms with Gasteiger partial charge in [0.05, 0.1) is 11.1 Å². The molecule has 0 bridgehead atoms. The molecule has 3 rings (SSSR count). The summed E-state index contributed by atoms with van der Waals surface area (Å²) >= 11 is 28.1. The van der Waals surface area contributed by atoms with E-state index in [1.165, 1.54) is 0 Å². The topological polar surface area (TPSA) is 30.5 Å². The summed E-state index contributed by atoms with van der Waals surface area (Å²) in [5.74, 6) is 1.30. The van der Waals surface area contributed by atoms with Crippen LogP contribution in [0.1, 0.15) is 23.6 Å². The third-order valence-electron chi connectivity index (χ3n) is 4.67. The first-order valence-electron chi connectivity index (χ1n) is 10.0. The van der Waals surface area contributed by atoms with Crippen molar-refractivity contribution >= 4 is 74.7 Å². The lowest BCUT2D eigenvalue weighted by atomic mass is 10.1. The van der Waals surface area contributed by atoms with Gasteiger partial charge in [0, 0.05) is 32.2 Å². The molecule has 0 aliphatic heterocycles. The van der Waals surface area contributed by atoms with Crippen LogP contribution in [-0.4, -0.2) is 13.2 Å². The Hall–Kier alpha value is -0.850. The molecule has 178 valence electrons. The van der Waals surface area contributed by atoms with Gasteiger partial charge in [0.25, 0.3) is 0 Å². The van der Waals surface area contributed by atoms with Gasteiger partial charge in [-0.25, -0.2) is 0 Å². The van der Waals surface area contributed by atoms with Crippen LogP contribution in [0.3, 0.4) is 0 Å². The first-order chi connectivity index (χ1) is 15.4. The van der Waals surface area contributed by atoms with Crippen LogP contribution >= 0.6 is 74.7 Å². The molecule has 0 saturated heterocycles. The minimum Gasteiger partial charge on any atom is -0.490 e. The molecule has 3 aromatic rings. The molecular weight excluding hydrogens is 591 g/mol. The first kappa shape index (κ1) is 28.4. The molecule has 0 amide bonds. The molecule has 33 heavy (non-hydrogen) atoms. The maximum absolute atomic E-state index is 6.26. The van der Waals surface area contributed by atoms with Crippen LogP contribution in [-0.2, 0) is 19.6 Å². The van der Waals surface area contributed by atoms with Crippen molar-refractivity contribution in [2.75, 3.05) is 13.2 Å². The zero-order valence-corrected chi connectivity index (χ0v) is 23.2. The van der Waals surface area contributed by atoms with Crippen molar-refractivity contribution in [1.82, 2.24) is 5.32 Å². The maximum Gasteiger partial charge on any atom is 0.175 e. The summed E-state index contributed by atoms with van der Waals surface area (Å²) in [5.41, 5.74) is 2.97. The molecular formula is C24H23BrCl5NO2. The van der Waals surface area contributed by atoms with Gasteiger partial charge < -0.3 is 14.8 Å². The highest BCUT2D eigenvalue weighted by molar-refractivity contribution is 9.10. The number of rotatable bonds is 10. The third kappa shape index (κ3) is 8.40. The predicted molar refractivity (Wildman–Crippen MR) is 145 cm³/mol. The van der Waals surface area contributed by atoms with Gasteiger partial charge in [-0.05, 0) is 83.3 Å². The monoisotopic (exact) mass is 611 g/mol. The van der Waals surface area contributed by atoms with E-state index in [-0.39, 0.29) is 12.4 Å². The lowest BCUT2D eigenvalue weighted by Crippen LogP contribution is -2.17. The normalized spacial score (nSPS) is 10.6. The van der Waals surface area contributed by atoms with Crippen LogP contribution < -0.4 is 14.8 Å². The van der Waals surface area contributed by atoms with Crippen LogP contribution in [0, 0.1) is 0 Å². The molecule has 3 nitrogen and oxygen atoms in total. The van der Waals surface area contributed by atoms with Gasteiger partial charge in [-0.3, -0.25) is 0 Å². The second kappa shape index (κ2) is 13.9. The van der Waals surface area contributed by atoms with Gasteiger partial charge in [-0.15, -0.1) is 12.4 Å². The Morgan fingerprint density at radius 1 is 0.848 bits per heavy atom. The van der Waals surface area contributed by atoms with Gasteiger partial charge in [-0.1, -0.05) is 58.5 Å². The predicted octanol–water partition coefficient (Wildman–Crippen LogP) is 8.79. The fourth-order valence-electron chi connectivity index (χ4n) is 3.10. The van der Waals surface area contributed by atoms with E-state index in [9.17, 15) is 0 Å². The van der Waals surface area contributed by atoms with E-state index >= 15 is 0 Å². The summed E-state index contributed by atoms with van der Waals surface area (Å²) < 4.78 is 12.7. The molecule has 0 unspecified atom stereocenters. The zero-order chi connectivity index (χ0) is 23.1. The van der Waals surface area contributed by atoms with Gasteiger partial charge in [0.15, 0.2) is 11.5 Å². The molecule has 3 aromatic carbocycles. The number of hydrogen-bond acceptors (Lipinski definition) is 3. The average Bonchev–Trinajstić information content (AvgIpc) is 2.73. The molecule has 0 spiro atoms. The number of benzene rings is 3. The second-order valence-corrected chi connectivity index (χ2v) is 9.57. The molecule has 1 N–H and O–H groups in total. The van der Waals surface area contributed by atoms with Crippen molar-refractivity contribution in [3.8, 4) is 11.5 Å². The Balaban J connectivity index is 0.00000385. The maximum atomic E-state index is 6.26. The smallest absolute Gasteiger partial charge is 0.175 e. The van der Waals surface area contributed by atoms with Crippen LogP contribution in [0.25, 0.3) is 0 Å². The van der Waals surface area contributed by atoms with E-state index in [1.54, 1.807) is 18.2 Å². The van der Waals surface area contributed by atoms with Gasteiger partial charge in [0.2, 0.25) is 0 Å². The highest BCUT2D eigenvalue weighted by Crippen LogP contribution is 2.38. The standard InChI is InChI=1S/C24H22BrCl4NO2.ClH/c1-2-31-23-10-15(13-30-8-7-16-3-5-18(26)11-21(16)28)9-20(25)24(23)32-14-17-4-6-19(27)12-22(17)29;/h3-6,9-12,30H,2,7-8,13-14H2,1H3;1H. The summed E-state index contributed by atoms with van der Waals surface area (Å²) in [7, 11) is 0. The number of ether oxygens (including phenoxy) is 2. The zero-order valence-electron chi connectivity index (χ0n) is 17.8. The molecule has 0 aliphatic rings. The van der Waals surface area contributed by atoms with Crippen LogP contribution in [0.5, 0.6) is 11.5 Å². The van der Waals surface area contributed by atoms with Gasteiger partial charge in [0.1, 0.15) is 6.61 Å². The largest absolute Gasteiger partial charge is 0.490 e. The molecule has 0 atom stereocenters. The van der Waals surface area contributed by atoms with Crippen molar-refractivity contribution < 1.29 is 9.47 Å². The van der Waals surface area contributed by atoms with Crippen molar-refractivity contribution in [1.29, 1.82) is 0 Å². The van der Waals surface area contributed by atoms with E-state index in [0.717, 1.165) is 34.1 Å². The second-order valence-electron chi connectivity index (χ2n) is 7.02. The van der Waals surface area contributed by atoms with Crippen molar-refractivity contribution in [3.05, 3.63) is 89.8 Å². The first-order valence-corrected chi connectivity index (χ1v) is 12.3. The number of hydrogen-bond donors (Lipinski definition) is 1. The minimum atomic E-state index is 0. The van der Waals surface area contributed by atoms with Crippen molar-refractivity contribution in [2.24, 2.45) is 0 Å². The van der Waals surface area contributed by atoms with E-state index in [0.29, 0.717) is 51.3 Å². The summed E-state index contributed by atoms with van der Waals surface area (Å²) in [4.78, 5) is 0. The van der Waals surface area contributed by atoms with Crippen molar-refractivity contribution in [3.63, 3.8) is 0 Å². The molecule has 9 heteroatoms. The SMILES string of the molecule is CCOc1cc(CNCCc2ccc(Cl)cc2Cl)cc(Br)c1OCc1ccc(Cl)cc1Cl.Cl. The number of halogens is 6. The molecule has 0 fully saturated rings. The highest BCUT2D eigenvalue weighted by Gasteiger charge is 2.14. The summed E-state index contributed by atoms with van der Waals surface area (Å²) in [6, 6.07) is 14.9. The Bertz CT molecular complexity index is 1080. The molecule has 0 aliphatic carbocycles. The Kier molecular flexibility index (Phi) is 11.9. The van der Waals surface area contributed by atoms with E-state index < -0.39 is 0 Å². The molecule has 0 saturated carbocycles. The van der Waals surface area contributed by atoms with Crippen LogP contribution in [0.4, 0.5) is 0 Å². The van der Waals surface area contributed by atoms with E-state index in [4.69, 9.17) is 55.9 Å². The van der Waals surface area contributed by atoms with Crippen molar-refractivity contribution in [2.45, 2.75) is 26.5 Å². The highest BCUT2D eigenvalue weighted by atomic mass is 79.9. The lowest BCUT2D eigenvalue weighted by Gasteiger charge is -2.16. The molecule has 0 heterocycles. The molecule has 0 radical (unpaired) electrons. The summed E-state index contributed by atoms with van der Waals surface area (Å²) in [6.45, 7) is 4.21. The molecule has 0 aromatic heterocycles. The Morgan fingerprint density at radius 3 is 2.09 bits per heavy atom. The Morgan fingerprint density at radius 2 is 1.48 bits per heavy atom. The summed E-state index contributed by atoms with van der Waals surface area (Å²) in [5, 5.41) is 5.91. The van der Waals surface area contributed by atoms with Crippen LogP contribution in [0.2, 0.25) is 20.1 Å². The van der Waals surface area contributed by atoms with E-state index in [1.807, 2.05) is 37.3 Å². The average molecular weight is 615 g/mol. The summed E-state index contributed by atoms with van der Waals surface area (Å²) in [6.07, 6.45) is 0.804. The van der Waals surface area contributed by atoms with Crippen LogP contribution in [0.15, 0.2) is 53.0 Å². The quantitative estimate of drug-likeness (QED) is 0.232.